The lowest BCUT2D eigenvalue weighted by Gasteiger charge is -2.16. The van der Waals surface area contributed by atoms with Crippen LogP contribution in [-0.2, 0) is 0 Å². The van der Waals surface area contributed by atoms with Crippen molar-refractivity contribution in [2.75, 3.05) is 30.2 Å². The Kier molecular flexibility index (Phi) is 2.52. The third-order valence-electron chi connectivity index (χ3n) is 1.60. The molecule has 0 spiro atoms. The van der Waals surface area contributed by atoms with E-state index in [0.29, 0.717) is 23.1 Å². The van der Waals surface area contributed by atoms with Crippen LogP contribution in [0.4, 0.5) is 17.3 Å². The number of hydrazine groups is 1. The lowest BCUT2D eigenvalue weighted by atomic mass is 10.4. The first kappa shape index (κ1) is 9.53. The fourth-order valence-corrected chi connectivity index (χ4v) is 1.02. The molecule has 0 atom stereocenters. The van der Waals surface area contributed by atoms with Crippen LogP contribution in [0.25, 0.3) is 0 Å². The lowest BCUT2D eigenvalue weighted by Crippen LogP contribution is -2.18. The van der Waals surface area contributed by atoms with Gasteiger partial charge in [-0.1, -0.05) is 0 Å². The summed E-state index contributed by atoms with van der Waals surface area (Å²) in [7, 11) is 3.72. The Balaban J connectivity index is 3.27. The number of aromatic nitrogens is 2. The van der Waals surface area contributed by atoms with E-state index in [1.807, 2.05) is 19.0 Å². The molecular weight excluding hydrogens is 168 g/mol. The van der Waals surface area contributed by atoms with Crippen molar-refractivity contribution in [3.05, 3.63) is 5.82 Å². The summed E-state index contributed by atoms with van der Waals surface area (Å²) in [4.78, 5) is 10.0. The van der Waals surface area contributed by atoms with Gasteiger partial charge in [-0.15, -0.1) is 0 Å². The zero-order valence-corrected chi connectivity index (χ0v) is 8.00. The second-order valence-corrected chi connectivity index (χ2v) is 2.90. The van der Waals surface area contributed by atoms with Gasteiger partial charge >= 0.3 is 0 Å². The fourth-order valence-electron chi connectivity index (χ4n) is 1.02. The van der Waals surface area contributed by atoms with Crippen LogP contribution in [-0.4, -0.2) is 24.1 Å². The van der Waals surface area contributed by atoms with Crippen LogP contribution in [0, 0.1) is 6.92 Å². The van der Waals surface area contributed by atoms with E-state index in [1.54, 1.807) is 6.92 Å². The predicted molar refractivity (Wildman–Crippen MR) is 53.3 cm³/mol. The highest BCUT2D eigenvalue weighted by molar-refractivity contribution is 5.74. The van der Waals surface area contributed by atoms with Gasteiger partial charge in [0.15, 0.2) is 11.6 Å². The molecule has 0 aliphatic heterocycles. The number of anilines is 3. The smallest absolute Gasteiger partial charge is 0.169 e. The molecule has 5 N–H and O–H groups in total. The molecule has 0 unspecified atom stereocenters. The molecule has 0 bridgehead atoms. The number of rotatable bonds is 2. The Bertz CT molecular complexity index is 308. The maximum atomic E-state index is 5.75. The molecular formula is C7H14N6. The predicted octanol–water partition coefficient (Wildman–Crippen LogP) is -0.281. The van der Waals surface area contributed by atoms with Gasteiger partial charge in [0.2, 0.25) is 0 Å². The Labute approximate surface area is 76.9 Å². The van der Waals surface area contributed by atoms with Crippen molar-refractivity contribution in [1.82, 2.24) is 9.97 Å². The molecule has 0 aromatic carbocycles. The molecule has 0 fully saturated rings. The molecule has 13 heavy (non-hydrogen) atoms. The summed E-state index contributed by atoms with van der Waals surface area (Å²) in [6.07, 6.45) is 0. The first-order valence-corrected chi connectivity index (χ1v) is 3.84. The molecule has 0 amide bonds. The Hall–Kier alpha value is -1.56. The van der Waals surface area contributed by atoms with E-state index >= 15 is 0 Å². The first-order valence-electron chi connectivity index (χ1n) is 3.84. The molecule has 6 heteroatoms. The highest BCUT2D eigenvalue weighted by Gasteiger charge is 2.09. The summed E-state index contributed by atoms with van der Waals surface area (Å²) in [6.45, 7) is 1.78. The van der Waals surface area contributed by atoms with Crippen LogP contribution in [0.3, 0.4) is 0 Å². The summed E-state index contributed by atoms with van der Waals surface area (Å²) >= 11 is 0. The number of aryl methyl sites for hydroxylation is 1. The van der Waals surface area contributed by atoms with Crippen molar-refractivity contribution in [2.45, 2.75) is 6.92 Å². The van der Waals surface area contributed by atoms with Crippen LogP contribution in [0.5, 0.6) is 0 Å². The number of nitrogens with one attached hydrogen (secondary N) is 1. The zero-order chi connectivity index (χ0) is 10.0. The standard InChI is InChI=1S/C7H14N6/c1-4-10-6(12-9)5(8)7(11-4)13(2)3/h8-9H2,1-3H3,(H,10,11,12). The van der Waals surface area contributed by atoms with Gasteiger partial charge in [0, 0.05) is 14.1 Å². The number of nitrogen functional groups attached to an aromatic ring is 2. The minimum absolute atomic E-state index is 0.455. The van der Waals surface area contributed by atoms with Gasteiger partial charge in [-0.05, 0) is 6.92 Å². The van der Waals surface area contributed by atoms with Crippen molar-refractivity contribution >= 4 is 17.3 Å². The normalized spacial score (nSPS) is 9.85. The topological polar surface area (TPSA) is 93.1 Å². The van der Waals surface area contributed by atoms with Crippen LogP contribution in [0.2, 0.25) is 0 Å². The van der Waals surface area contributed by atoms with Gasteiger partial charge in [-0.2, -0.15) is 0 Å². The highest BCUT2D eigenvalue weighted by atomic mass is 15.3. The molecule has 1 rings (SSSR count). The Morgan fingerprint density at radius 1 is 1.31 bits per heavy atom. The van der Waals surface area contributed by atoms with Gasteiger partial charge in [-0.25, -0.2) is 15.8 Å². The second-order valence-electron chi connectivity index (χ2n) is 2.90. The minimum atomic E-state index is 0.455. The largest absolute Gasteiger partial charge is 0.393 e. The molecule has 0 aliphatic carbocycles. The molecule has 1 aromatic rings. The summed E-state index contributed by atoms with van der Waals surface area (Å²) in [5, 5.41) is 0. The van der Waals surface area contributed by atoms with E-state index in [9.17, 15) is 0 Å². The summed E-state index contributed by atoms with van der Waals surface area (Å²) in [6, 6.07) is 0. The molecule has 0 saturated carbocycles. The van der Waals surface area contributed by atoms with Crippen LogP contribution < -0.4 is 21.9 Å². The quantitative estimate of drug-likeness (QED) is 0.430. The monoisotopic (exact) mass is 182 g/mol. The molecule has 6 nitrogen and oxygen atoms in total. The Morgan fingerprint density at radius 2 is 1.92 bits per heavy atom. The Morgan fingerprint density at radius 3 is 2.38 bits per heavy atom. The maximum absolute atomic E-state index is 5.75. The molecule has 1 heterocycles. The van der Waals surface area contributed by atoms with E-state index in [4.69, 9.17) is 11.6 Å². The lowest BCUT2D eigenvalue weighted by molar-refractivity contribution is 0.989. The highest BCUT2D eigenvalue weighted by Crippen LogP contribution is 2.24. The van der Waals surface area contributed by atoms with Crippen molar-refractivity contribution in [1.29, 1.82) is 0 Å². The summed E-state index contributed by atoms with van der Waals surface area (Å²) in [5.41, 5.74) is 8.64. The van der Waals surface area contributed by atoms with Crippen LogP contribution in [0.15, 0.2) is 0 Å². The van der Waals surface area contributed by atoms with Gasteiger partial charge in [-0.3, -0.25) is 0 Å². The maximum Gasteiger partial charge on any atom is 0.169 e. The average molecular weight is 182 g/mol. The van der Waals surface area contributed by atoms with Crippen molar-refractivity contribution in [3.8, 4) is 0 Å². The van der Waals surface area contributed by atoms with Gasteiger partial charge in [0.1, 0.15) is 11.5 Å². The summed E-state index contributed by atoms with van der Waals surface area (Å²) in [5.74, 6) is 7.00. The molecule has 72 valence electrons. The van der Waals surface area contributed by atoms with Crippen molar-refractivity contribution in [2.24, 2.45) is 5.84 Å². The molecule has 1 aromatic heterocycles. The van der Waals surface area contributed by atoms with E-state index in [-0.39, 0.29) is 0 Å². The summed E-state index contributed by atoms with van der Waals surface area (Å²) < 4.78 is 0. The van der Waals surface area contributed by atoms with Crippen molar-refractivity contribution in [3.63, 3.8) is 0 Å². The van der Waals surface area contributed by atoms with Gasteiger partial charge in [0.25, 0.3) is 0 Å². The SMILES string of the molecule is Cc1nc(NN)c(N)c(N(C)C)n1. The fraction of sp³-hybridized carbons (Fsp3) is 0.429. The third-order valence-corrected chi connectivity index (χ3v) is 1.60. The zero-order valence-electron chi connectivity index (χ0n) is 8.00. The molecule has 0 aliphatic rings. The number of nitrogens with two attached hydrogens (primary N) is 2. The van der Waals surface area contributed by atoms with Crippen LogP contribution >= 0.6 is 0 Å². The van der Waals surface area contributed by atoms with E-state index in [1.165, 1.54) is 0 Å². The number of hydrogen-bond acceptors (Lipinski definition) is 6. The minimum Gasteiger partial charge on any atom is -0.393 e. The number of nitrogens with zero attached hydrogens (tertiary/aromatic N) is 3. The van der Waals surface area contributed by atoms with E-state index in [2.05, 4.69) is 15.4 Å². The first-order chi connectivity index (χ1) is 6.06. The molecule has 0 radical (unpaired) electrons. The average Bonchev–Trinajstić information content (AvgIpc) is 2.08. The third kappa shape index (κ3) is 1.78. The van der Waals surface area contributed by atoms with E-state index in [0.717, 1.165) is 0 Å². The van der Waals surface area contributed by atoms with Gasteiger partial charge in [0.05, 0.1) is 0 Å². The second kappa shape index (κ2) is 3.44. The van der Waals surface area contributed by atoms with Crippen LogP contribution in [0.1, 0.15) is 5.82 Å². The molecule has 0 saturated heterocycles. The number of hydrogen-bond donors (Lipinski definition) is 3. The van der Waals surface area contributed by atoms with Crippen molar-refractivity contribution < 1.29 is 0 Å². The van der Waals surface area contributed by atoms with E-state index < -0.39 is 0 Å². The van der Waals surface area contributed by atoms with Gasteiger partial charge < -0.3 is 16.1 Å².